The Morgan fingerprint density at radius 1 is 1.13 bits per heavy atom. The fourth-order valence-corrected chi connectivity index (χ4v) is 3.80. The molecule has 0 aliphatic carbocycles. The standard InChI is InChI=1S/C20H20FN5O4S/c1-13(10-27-2)26-17(11-29-15-7-4-3-6-14(15)21)22-25-20(26)31-12-18-23-24-19(30-18)16-8-5-9-28-16/h3-9,13H,10-12H2,1-2H3. The molecule has 11 heteroatoms. The number of hydrogen-bond donors (Lipinski definition) is 0. The van der Waals surface area contributed by atoms with Gasteiger partial charge in [0.1, 0.15) is 6.61 Å². The van der Waals surface area contributed by atoms with Crippen LogP contribution in [0.5, 0.6) is 5.75 Å². The number of methoxy groups -OCH3 is 1. The van der Waals surface area contributed by atoms with Crippen molar-refractivity contribution >= 4 is 11.8 Å². The number of thioether (sulfide) groups is 1. The molecule has 1 unspecified atom stereocenters. The molecule has 4 aromatic rings. The molecule has 0 radical (unpaired) electrons. The van der Waals surface area contributed by atoms with E-state index >= 15 is 0 Å². The van der Waals surface area contributed by atoms with Gasteiger partial charge in [-0.1, -0.05) is 23.9 Å². The van der Waals surface area contributed by atoms with E-state index in [2.05, 4.69) is 20.4 Å². The van der Waals surface area contributed by atoms with E-state index in [-0.39, 0.29) is 18.4 Å². The number of para-hydroxylation sites is 1. The maximum atomic E-state index is 13.9. The van der Waals surface area contributed by atoms with E-state index in [1.807, 2.05) is 11.5 Å². The minimum absolute atomic E-state index is 0.0613. The Bertz CT molecular complexity index is 1110. The topological polar surface area (TPSA) is 101 Å². The van der Waals surface area contributed by atoms with Crippen LogP contribution in [-0.2, 0) is 17.1 Å². The minimum atomic E-state index is -0.433. The highest BCUT2D eigenvalue weighted by Gasteiger charge is 2.20. The van der Waals surface area contributed by atoms with E-state index in [4.69, 9.17) is 18.3 Å². The summed E-state index contributed by atoms with van der Waals surface area (Å²) in [7, 11) is 1.62. The van der Waals surface area contributed by atoms with Crippen molar-refractivity contribution in [3.05, 3.63) is 60.2 Å². The molecule has 0 aliphatic heterocycles. The first-order valence-corrected chi connectivity index (χ1v) is 10.4. The third kappa shape index (κ3) is 4.94. The van der Waals surface area contributed by atoms with Crippen LogP contribution >= 0.6 is 11.8 Å². The van der Waals surface area contributed by atoms with Crippen LogP contribution in [0, 0.1) is 5.82 Å². The van der Waals surface area contributed by atoms with Crippen molar-refractivity contribution < 1.29 is 22.7 Å². The molecule has 0 bridgehead atoms. The second kappa shape index (κ2) is 9.75. The molecule has 1 atom stereocenters. The fourth-order valence-electron chi connectivity index (χ4n) is 2.90. The SMILES string of the molecule is COCC(C)n1c(COc2ccccc2F)nnc1SCc1nnc(-c2ccco2)o1. The molecule has 9 nitrogen and oxygen atoms in total. The summed E-state index contributed by atoms with van der Waals surface area (Å²) in [5.74, 6) is 1.91. The molecule has 0 amide bonds. The fraction of sp³-hybridized carbons (Fsp3) is 0.300. The van der Waals surface area contributed by atoms with Crippen molar-refractivity contribution in [1.82, 2.24) is 25.0 Å². The van der Waals surface area contributed by atoms with Crippen LogP contribution in [0.3, 0.4) is 0 Å². The Labute approximate surface area is 181 Å². The molecule has 0 saturated carbocycles. The Morgan fingerprint density at radius 2 is 2.00 bits per heavy atom. The number of nitrogens with zero attached hydrogens (tertiary/aromatic N) is 5. The number of benzene rings is 1. The van der Waals surface area contributed by atoms with E-state index in [1.54, 1.807) is 43.7 Å². The third-order valence-electron chi connectivity index (χ3n) is 4.30. The van der Waals surface area contributed by atoms with Gasteiger partial charge in [-0.25, -0.2) is 4.39 Å². The second-order valence-corrected chi connectivity index (χ2v) is 7.50. The van der Waals surface area contributed by atoms with Gasteiger partial charge < -0.3 is 18.3 Å². The van der Waals surface area contributed by atoms with Gasteiger partial charge in [0.05, 0.1) is 24.7 Å². The van der Waals surface area contributed by atoms with Crippen LogP contribution in [-0.4, -0.2) is 38.7 Å². The van der Waals surface area contributed by atoms with Gasteiger partial charge in [0.15, 0.2) is 28.3 Å². The summed E-state index contributed by atoms with van der Waals surface area (Å²) < 4.78 is 37.6. The average molecular weight is 445 g/mol. The van der Waals surface area contributed by atoms with Crippen LogP contribution in [0.25, 0.3) is 11.7 Å². The van der Waals surface area contributed by atoms with Crippen molar-refractivity contribution in [3.63, 3.8) is 0 Å². The number of ether oxygens (including phenoxy) is 2. The number of aromatic nitrogens is 5. The summed E-state index contributed by atoms with van der Waals surface area (Å²) in [6, 6.07) is 9.65. The second-order valence-electron chi connectivity index (χ2n) is 6.56. The number of hydrogen-bond acceptors (Lipinski definition) is 9. The van der Waals surface area contributed by atoms with Gasteiger partial charge in [-0.3, -0.25) is 4.57 Å². The highest BCUT2D eigenvalue weighted by atomic mass is 32.2. The molecule has 3 heterocycles. The molecule has 31 heavy (non-hydrogen) atoms. The predicted molar refractivity (Wildman–Crippen MR) is 109 cm³/mol. The van der Waals surface area contributed by atoms with Gasteiger partial charge in [-0.15, -0.1) is 20.4 Å². The summed E-state index contributed by atoms with van der Waals surface area (Å²) in [5.41, 5.74) is 0. The Hall–Kier alpha value is -3.18. The molecule has 3 aromatic heterocycles. The van der Waals surface area contributed by atoms with Crippen molar-refractivity contribution in [2.75, 3.05) is 13.7 Å². The van der Waals surface area contributed by atoms with Gasteiger partial charge in [-0.2, -0.15) is 0 Å². The molecule has 4 rings (SSSR count). The van der Waals surface area contributed by atoms with Gasteiger partial charge in [0.2, 0.25) is 5.89 Å². The van der Waals surface area contributed by atoms with Crippen LogP contribution in [0.2, 0.25) is 0 Å². The Balaban J connectivity index is 1.48. The predicted octanol–water partition coefficient (Wildman–Crippen LogP) is 4.14. The van der Waals surface area contributed by atoms with E-state index in [0.717, 1.165) is 0 Å². The van der Waals surface area contributed by atoms with Crippen LogP contribution < -0.4 is 4.74 Å². The molecular weight excluding hydrogens is 425 g/mol. The van der Waals surface area contributed by atoms with Crippen LogP contribution in [0.15, 0.2) is 56.7 Å². The van der Waals surface area contributed by atoms with Crippen molar-refractivity contribution in [2.45, 2.75) is 30.5 Å². The quantitative estimate of drug-likeness (QED) is 0.333. The lowest BCUT2D eigenvalue weighted by Crippen LogP contribution is -2.16. The Morgan fingerprint density at radius 3 is 2.77 bits per heavy atom. The normalized spacial score (nSPS) is 12.2. The van der Waals surface area contributed by atoms with E-state index in [1.165, 1.54) is 17.8 Å². The zero-order valence-corrected chi connectivity index (χ0v) is 17.7. The van der Waals surface area contributed by atoms with E-state index in [9.17, 15) is 4.39 Å². The smallest absolute Gasteiger partial charge is 0.283 e. The number of furan rings is 1. The largest absolute Gasteiger partial charge is 0.483 e. The molecule has 0 fully saturated rings. The first-order valence-electron chi connectivity index (χ1n) is 9.44. The van der Waals surface area contributed by atoms with Crippen molar-refractivity contribution in [2.24, 2.45) is 0 Å². The van der Waals surface area contributed by atoms with Gasteiger partial charge >= 0.3 is 0 Å². The zero-order valence-electron chi connectivity index (χ0n) is 16.9. The lowest BCUT2D eigenvalue weighted by Gasteiger charge is -2.17. The summed E-state index contributed by atoms with van der Waals surface area (Å²) in [5, 5.41) is 17.2. The minimum Gasteiger partial charge on any atom is -0.483 e. The Kier molecular flexibility index (Phi) is 6.63. The molecule has 0 N–H and O–H groups in total. The maximum Gasteiger partial charge on any atom is 0.283 e. The number of rotatable bonds is 10. The van der Waals surface area contributed by atoms with E-state index < -0.39 is 5.82 Å². The van der Waals surface area contributed by atoms with Gasteiger partial charge in [0.25, 0.3) is 5.89 Å². The summed E-state index contributed by atoms with van der Waals surface area (Å²) in [4.78, 5) is 0. The molecule has 0 spiro atoms. The van der Waals surface area contributed by atoms with Crippen LogP contribution in [0.4, 0.5) is 4.39 Å². The monoisotopic (exact) mass is 445 g/mol. The molecule has 1 aromatic carbocycles. The number of halogens is 1. The highest BCUT2D eigenvalue weighted by Crippen LogP contribution is 2.27. The molecule has 0 aliphatic rings. The summed E-state index contributed by atoms with van der Waals surface area (Å²) >= 11 is 1.39. The maximum absolute atomic E-state index is 13.9. The molecule has 0 saturated heterocycles. The van der Waals surface area contributed by atoms with E-state index in [0.29, 0.717) is 40.9 Å². The average Bonchev–Trinajstić information content (AvgIpc) is 3.52. The zero-order chi connectivity index (χ0) is 21.6. The van der Waals surface area contributed by atoms with Gasteiger partial charge in [-0.05, 0) is 31.2 Å². The first-order chi connectivity index (χ1) is 15.2. The lowest BCUT2D eigenvalue weighted by molar-refractivity contribution is 0.154. The summed E-state index contributed by atoms with van der Waals surface area (Å²) in [6.45, 7) is 2.48. The van der Waals surface area contributed by atoms with Crippen molar-refractivity contribution in [3.8, 4) is 17.4 Å². The molecule has 162 valence electrons. The molecular formula is C20H20FN5O4S. The first kappa shape index (κ1) is 21.1. The summed E-state index contributed by atoms with van der Waals surface area (Å²) in [6.07, 6.45) is 1.54. The highest BCUT2D eigenvalue weighted by molar-refractivity contribution is 7.98. The van der Waals surface area contributed by atoms with Crippen LogP contribution in [0.1, 0.15) is 24.7 Å². The van der Waals surface area contributed by atoms with Crippen molar-refractivity contribution in [1.29, 1.82) is 0 Å². The lowest BCUT2D eigenvalue weighted by atomic mass is 10.3. The van der Waals surface area contributed by atoms with Gasteiger partial charge in [0, 0.05) is 7.11 Å². The third-order valence-corrected chi connectivity index (χ3v) is 5.23.